The summed E-state index contributed by atoms with van der Waals surface area (Å²) < 4.78 is 0. The molecule has 1 saturated carbocycles. The van der Waals surface area contributed by atoms with Crippen molar-refractivity contribution in [2.24, 2.45) is 17.3 Å². The van der Waals surface area contributed by atoms with Crippen LogP contribution in [-0.2, 0) is 0 Å². The van der Waals surface area contributed by atoms with Crippen molar-refractivity contribution in [1.29, 1.82) is 0 Å². The molecule has 0 heterocycles. The summed E-state index contributed by atoms with van der Waals surface area (Å²) in [6.45, 7) is 4.45. The van der Waals surface area contributed by atoms with E-state index in [9.17, 15) is 5.11 Å². The number of rotatable bonds is 0. The third-order valence-corrected chi connectivity index (χ3v) is 4.73. The van der Waals surface area contributed by atoms with Gasteiger partial charge in [-0.15, -0.1) is 0 Å². The maximum atomic E-state index is 10.3. The highest BCUT2D eigenvalue weighted by Gasteiger charge is 2.52. The minimum Gasteiger partial charge on any atom is -0.392 e. The van der Waals surface area contributed by atoms with Crippen LogP contribution in [0.5, 0.6) is 0 Å². The summed E-state index contributed by atoms with van der Waals surface area (Å²) in [7, 11) is 0. The number of fused-ring (bicyclic) bond motifs is 2. The molecule has 1 nitrogen and oxygen atoms in total. The molecule has 0 unspecified atom stereocenters. The van der Waals surface area contributed by atoms with Crippen molar-refractivity contribution in [3.63, 3.8) is 0 Å². The van der Waals surface area contributed by atoms with Crippen molar-refractivity contribution in [2.45, 2.75) is 52.1 Å². The molecule has 3 rings (SSSR count). The first-order valence-electron chi connectivity index (χ1n) is 5.98. The molecule has 0 spiro atoms. The van der Waals surface area contributed by atoms with Crippen LogP contribution in [0.25, 0.3) is 0 Å². The fourth-order valence-corrected chi connectivity index (χ4v) is 4.12. The van der Waals surface area contributed by atoms with E-state index in [0.717, 1.165) is 5.92 Å². The minimum atomic E-state index is -0.0712. The van der Waals surface area contributed by atoms with E-state index in [4.69, 9.17) is 0 Å². The van der Waals surface area contributed by atoms with Crippen LogP contribution in [0.3, 0.4) is 0 Å². The van der Waals surface area contributed by atoms with E-state index >= 15 is 0 Å². The van der Waals surface area contributed by atoms with Gasteiger partial charge >= 0.3 is 0 Å². The molecule has 0 radical (unpaired) electrons. The average molecular weight is 192 g/mol. The number of hydrogen-bond acceptors (Lipinski definition) is 1. The Hall–Kier alpha value is -0.300. The third kappa shape index (κ3) is 0.995. The van der Waals surface area contributed by atoms with Crippen molar-refractivity contribution in [3.8, 4) is 0 Å². The highest BCUT2D eigenvalue weighted by atomic mass is 16.3. The van der Waals surface area contributed by atoms with Crippen LogP contribution in [0.2, 0.25) is 0 Å². The largest absolute Gasteiger partial charge is 0.392 e. The van der Waals surface area contributed by atoms with Crippen LogP contribution in [0.4, 0.5) is 0 Å². The third-order valence-electron chi connectivity index (χ3n) is 4.73. The zero-order valence-electron chi connectivity index (χ0n) is 9.21. The second kappa shape index (κ2) is 2.63. The Balaban J connectivity index is 1.94. The first-order chi connectivity index (χ1) is 6.59. The Morgan fingerprint density at radius 2 is 2.07 bits per heavy atom. The van der Waals surface area contributed by atoms with Crippen molar-refractivity contribution < 1.29 is 5.11 Å². The maximum absolute atomic E-state index is 10.3. The van der Waals surface area contributed by atoms with E-state index in [1.807, 2.05) is 0 Å². The van der Waals surface area contributed by atoms with Crippen molar-refractivity contribution in [2.75, 3.05) is 0 Å². The second-order valence-electron chi connectivity index (χ2n) is 6.11. The lowest BCUT2D eigenvalue weighted by molar-refractivity contribution is 0.0548. The van der Waals surface area contributed by atoms with Gasteiger partial charge in [-0.05, 0) is 43.4 Å². The van der Waals surface area contributed by atoms with Gasteiger partial charge in [0.25, 0.3) is 0 Å². The van der Waals surface area contributed by atoms with Crippen molar-refractivity contribution >= 4 is 0 Å². The number of aliphatic hydroxyl groups excluding tert-OH is 1. The van der Waals surface area contributed by atoms with Crippen LogP contribution in [0.1, 0.15) is 46.0 Å². The summed E-state index contributed by atoms with van der Waals surface area (Å²) in [5, 5.41) is 10.3. The van der Waals surface area contributed by atoms with Crippen LogP contribution in [0.15, 0.2) is 11.1 Å². The summed E-state index contributed by atoms with van der Waals surface area (Å²) >= 11 is 0. The minimum absolute atomic E-state index is 0.0712. The van der Waals surface area contributed by atoms with E-state index in [2.05, 4.69) is 13.8 Å². The monoisotopic (exact) mass is 192 g/mol. The van der Waals surface area contributed by atoms with Crippen molar-refractivity contribution in [1.82, 2.24) is 0 Å². The normalized spacial score (nSPS) is 44.4. The smallest absolute Gasteiger partial charge is 0.0659 e. The molecule has 0 amide bonds. The zero-order valence-corrected chi connectivity index (χ0v) is 9.21. The van der Waals surface area contributed by atoms with Crippen molar-refractivity contribution in [3.05, 3.63) is 11.1 Å². The molecule has 1 heteroatoms. The van der Waals surface area contributed by atoms with Gasteiger partial charge in [-0.2, -0.15) is 0 Å². The van der Waals surface area contributed by atoms with Gasteiger partial charge in [-0.3, -0.25) is 0 Å². The van der Waals surface area contributed by atoms with Crippen LogP contribution in [-0.4, -0.2) is 11.2 Å². The lowest BCUT2D eigenvalue weighted by Crippen LogP contribution is -2.28. The highest BCUT2D eigenvalue weighted by molar-refractivity contribution is 5.32. The Morgan fingerprint density at radius 3 is 2.86 bits per heavy atom. The second-order valence-corrected chi connectivity index (χ2v) is 6.11. The van der Waals surface area contributed by atoms with Gasteiger partial charge in [0.2, 0.25) is 0 Å². The maximum Gasteiger partial charge on any atom is 0.0659 e. The summed E-state index contributed by atoms with van der Waals surface area (Å²) in [6.07, 6.45) is 6.42. The summed E-state index contributed by atoms with van der Waals surface area (Å²) in [5.74, 6) is 1.33. The van der Waals surface area contributed by atoms with Gasteiger partial charge in [-0.1, -0.05) is 25.0 Å². The fourth-order valence-electron chi connectivity index (χ4n) is 4.12. The topological polar surface area (TPSA) is 20.2 Å². The molecule has 0 saturated heterocycles. The Labute approximate surface area is 86.2 Å². The number of allylic oxidation sites excluding steroid dienone is 1. The predicted molar refractivity (Wildman–Crippen MR) is 56.9 cm³/mol. The molecule has 78 valence electrons. The van der Waals surface area contributed by atoms with Gasteiger partial charge in [0.1, 0.15) is 0 Å². The zero-order chi connectivity index (χ0) is 9.92. The molecular weight excluding hydrogens is 172 g/mol. The summed E-state index contributed by atoms with van der Waals surface area (Å²) in [6, 6.07) is 0. The lowest BCUT2D eigenvalue weighted by Gasteiger charge is -2.26. The Morgan fingerprint density at radius 1 is 1.29 bits per heavy atom. The molecular formula is C13H20O. The summed E-state index contributed by atoms with van der Waals surface area (Å²) in [4.78, 5) is 0. The molecule has 3 aliphatic rings. The highest BCUT2D eigenvalue weighted by Crippen LogP contribution is 2.58. The Kier molecular flexibility index (Phi) is 1.69. The molecule has 0 aromatic rings. The molecule has 3 aliphatic carbocycles. The lowest BCUT2D eigenvalue weighted by atomic mass is 9.85. The van der Waals surface area contributed by atoms with Gasteiger partial charge in [-0.25, -0.2) is 0 Å². The predicted octanol–water partition coefficient (Wildman–Crippen LogP) is 2.89. The standard InChI is InChI=1S/C13H20O/c1-13(2)7-9-6-8-4-3-5-10(8)11(9)12(13)14/h9,11-12,14H,3-7H2,1-2H3/t9-,11+,12+/m0/s1. The first kappa shape index (κ1) is 8.96. The first-order valence-corrected chi connectivity index (χ1v) is 5.98. The molecule has 1 fully saturated rings. The van der Waals surface area contributed by atoms with Crippen LogP contribution >= 0.6 is 0 Å². The van der Waals surface area contributed by atoms with E-state index in [1.54, 1.807) is 11.1 Å². The van der Waals surface area contributed by atoms with Gasteiger partial charge in [0.05, 0.1) is 6.10 Å². The quantitative estimate of drug-likeness (QED) is 0.585. The van der Waals surface area contributed by atoms with Gasteiger partial charge in [0, 0.05) is 5.92 Å². The van der Waals surface area contributed by atoms with Crippen LogP contribution in [0, 0.1) is 17.3 Å². The van der Waals surface area contributed by atoms with E-state index < -0.39 is 0 Å². The molecule has 0 bridgehead atoms. The molecule has 14 heavy (non-hydrogen) atoms. The SMILES string of the molecule is CC1(C)C[C@@H]2CC3=C(CCC3)[C@@H]2[C@H]1O. The molecule has 0 aromatic carbocycles. The number of hydrogen-bond donors (Lipinski definition) is 1. The van der Waals surface area contributed by atoms with Gasteiger partial charge < -0.3 is 5.11 Å². The molecule has 3 atom stereocenters. The number of aliphatic hydroxyl groups is 1. The van der Waals surface area contributed by atoms with Gasteiger partial charge in [0.15, 0.2) is 0 Å². The molecule has 0 aliphatic heterocycles. The van der Waals surface area contributed by atoms with Crippen LogP contribution < -0.4 is 0 Å². The van der Waals surface area contributed by atoms with E-state index in [-0.39, 0.29) is 11.5 Å². The molecule has 0 aromatic heterocycles. The Bertz CT molecular complexity index is 300. The fraction of sp³-hybridized carbons (Fsp3) is 0.846. The van der Waals surface area contributed by atoms with E-state index in [0.29, 0.717) is 5.92 Å². The van der Waals surface area contributed by atoms with E-state index in [1.165, 1.54) is 32.1 Å². The average Bonchev–Trinajstić information content (AvgIpc) is 2.65. The molecule has 1 N–H and O–H groups in total. The summed E-state index contributed by atoms with van der Waals surface area (Å²) in [5.41, 5.74) is 3.54.